The van der Waals surface area contributed by atoms with Crippen molar-refractivity contribution in [3.63, 3.8) is 0 Å². The molecule has 1 aliphatic rings. The Morgan fingerprint density at radius 3 is 2.55 bits per heavy atom. The topological polar surface area (TPSA) is 116 Å². The van der Waals surface area contributed by atoms with Crippen LogP contribution in [0.1, 0.15) is 42.2 Å². The Morgan fingerprint density at radius 2 is 1.79 bits per heavy atom. The molecule has 4 heterocycles. The molecule has 9 nitrogen and oxygen atoms in total. The number of rotatable bonds is 5. The first-order chi connectivity index (χ1) is 16.2. The molecule has 5 rings (SSSR count). The maximum atomic E-state index is 12.6. The molecule has 0 saturated heterocycles. The van der Waals surface area contributed by atoms with Gasteiger partial charge >= 0.3 is 0 Å². The van der Waals surface area contributed by atoms with Gasteiger partial charge in [-0.1, -0.05) is 5.16 Å². The fraction of sp³-hybridized carbons (Fsp3) is 0.250. The minimum atomic E-state index is -0.271. The number of hydrogen-bond acceptors (Lipinski definition) is 7. The van der Waals surface area contributed by atoms with Gasteiger partial charge in [0.15, 0.2) is 11.5 Å². The molecule has 0 aromatic carbocycles. The van der Waals surface area contributed by atoms with E-state index in [1.807, 2.05) is 18.2 Å². The fourth-order valence-electron chi connectivity index (χ4n) is 4.11. The second kappa shape index (κ2) is 9.15. The molecule has 0 bridgehead atoms. The summed E-state index contributed by atoms with van der Waals surface area (Å²) < 4.78 is 6.87. The average molecular weight is 442 g/mol. The Balaban J connectivity index is 1.22. The third-order valence-corrected chi connectivity index (χ3v) is 5.87. The van der Waals surface area contributed by atoms with Crippen LogP contribution < -0.4 is 10.9 Å². The van der Waals surface area contributed by atoms with E-state index < -0.39 is 0 Å². The molecule has 4 aromatic heterocycles. The van der Waals surface area contributed by atoms with E-state index in [0.717, 1.165) is 42.5 Å². The van der Waals surface area contributed by atoms with Gasteiger partial charge < -0.3 is 9.84 Å². The fourth-order valence-corrected chi connectivity index (χ4v) is 4.11. The number of aromatic nitrogens is 5. The van der Waals surface area contributed by atoms with Crippen LogP contribution in [0, 0.1) is 0 Å². The first-order valence-corrected chi connectivity index (χ1v) is 10.9. The standard InChI is InChI=1S/C24H22N6O3/c31-23-8-7-20(16-9-12-25-13-10-16)28-30(23)19-5-3-18(4-6-19)27-24(32)21-14-22(33-29-21)17-2-1-11-26-15-17/h1-2,7-15,18-19H,3-6H2,(H,27,32). The second-order valence-corrected chi connectivity index (χ2v) is 8.03. The van der Waals surface area contributed by atoms with E-state index in [9.17, 15) is 9.59 Å². The van der Waals surface area contributed by atoms with Gasteiger partial charge in [0.1, 0.15) is 0 Å². The van der Waals surface area contributed by atoms with Crippen LogP contribution in [0.5, 0.6) is 0 Å². The van der Waals surface area contributed by atoms with Gasteiger partial charge in [0, 0.05) is 54.1 Å². The summed E-state index contributed by atoms with van der Waals surface area (Å²) in [6.45, 7) is 0. The van der Waals surface area contributed by atoms with E-state index in [2.05, 4.69) is 25.5 Å². The van der Waals surface area contributed by atoms with Crippen LogP contribution in [-0.4, -0.2) is 36.9 Å². The van der Waals surface area contributed by atoms with E-state index in [4.69, 9.17) is 4.52 Å². The third-order valence-electron chi connectivity index (χ3n) is 5.87. The van der Waals surface area contributed by atoms with Crippen molar-refractivity contribution in [1.29, 1.82) is 0 Å². The van der Waals surface area contributed by atoms with Crippen LogP contribution in [0.25, 0.3) is 22.6 Å². The molecule has 1 fully saturated rings. The molecular formula is C24H22N6O3. The number of pyridine rings is 2. The second-order valence-electron chi connectivity index (χ2n) is 8.03. The number of nitrogens with zero attached hydrogens (tertiary/aromatic N) is 5. The minimum Gasteiger partial charge on any atom is -0.355 e. The van der Waals surface area contributed by atoms with Gasteiger partial charge in [-0.15, -0.1) is 0 Å². The van der Waals surface area contributed by atoms with Gasteiger partial charge in [-0.05, 0) is 56.0 Å². The SMILES string of the molecule is O=C(NC1CCC(n2nc(-c3ccncc3)ccc2=O)CC1)c1cc(-c2cccnc2)on1. The lowest BCUT2D eigenvalue weighted by Crippen LogP contribution is -2.39. The molecule has 1 N–H and O–H groups in total. The van der Waals surface area contributed by atoms with Crippen molar-refractivity contribution in [2.45, 2.75) is 37.8 Å². The highest BCUT2D eigenvalue weighted by molar-refractivity contribution is 5.93. The molecule has 1 amide bonds. The van der Waals surface area contributed by atoms with Crippen LogP contribution in [0.4, 0.5) is 0 Å². The number of carbonyl (C=O) groups excluding carboxylic acids is 1. The maximum Gasteiger partial charge on any atom is 0.273 e. The highest BCUT2D eigenvalue weighted by Crippen LogP contribution is 2.28. The Labute approximate surface area is 189 Å². The van der Waals surface area contributed by atoms with E-state index in [-0.39, 0.29) is 29.2 Å². The van der Waals surface area contributed by atoms with Crippen LogP contribution in [-0.2, 0) is 0 Å². The molecule has 33 heavy (non-hydrogen) atoms. The van der Waals surface area contributed by atoms with E-state index in [0.29, 0.717) is 5.76 Å². The monoisotopic (exact) mass is 442 g/mol. The maximum absolute atomic E-state index is 12.6. The molecule has 0 radical (unpaired) electrons. The normalized spacial score (nSPS) is 18.1. The van der Waals surface area contributed by atoms with Crippen LogP contribution in [0.15, 0.2) is 76.6 Å². The Morgan fingerprint density at radius 1 is 0.970 bits per heavy atom. The third kappa shape index (κ3) is 4.57. The molecule has 166 valence electrons. The Bertz CT molecular complexity index is 1290. The van der Waals surface area contributed by atoms with Crippen molar-refractivity contribution >= 4 is 5.91 Å². The largest absolute Gasteiger partial charge is 0.355 e. The van der Waals surface area contributed by atoms with Crippen molar-refractivity contribution in [2.24, 2.45) is 0 Å². The summed E-state index contributed by atoms with van der Waals surface area (Å²) in [4.78, 5) is 33.2. The summed E-state index contributed by atoms with van der Waals surface area (Å²) in [5.74, 6) is 0.226. The van der Waals surface area contributed by atoms with Crippen molar-refractivity contribution < 1.29 is 9.32 Å². The smallest absolute Gasteiger partial charge is 0.273 e. The Hall–Kier alpha value is -4.14. The molecule has 0 spiro atoms. The highest BCUT2D eigenvalue weighted by Gasteiger charge is 2.26. The summed E-state index contributed by atoms with van der Waals surface area (Å²) in [6.07, 6.45) is 9.72. The van der Waals surface area contributed by atoms with Crippen molar-refractivity contribution in [3.05, 3.63) is 83.3 Å². The lowest BCUT2D eigenvalue weighted by Gasteiger charge is -2.29. The summed E-state index contributed by atoms with van der Waals surface area (Å²) >= 11 is 0. The molecular weight excluding hydrogens is 420 g/mol. The number of nitrogens with one attached hydrogen (secondary N) is 1. The number of carbonyl (C=O) groups is 1. The van der Waals surface area contributed by atoms with Crippen molar-refractivity contribution in [2.75, 3.05) is 0 Å². The van der Waals surface area contributed by atoms with Gasteiger partial charge in [0.05, 0.1) is 11.7 Å². The van der Waals surface area contributed by atoms with Crippen LogP contribution in [0.2, 0.25) is 0 Å². The van der Waals surface area contributed by atoms with Crippen molar-refractivity contribution in [1.82, 2.24) is 30.2 Å². The first kappa shape index (κ1) is 20.7. The van der Waals surface area contributed by atoms with Gasteiger partial charge in [0.25, 0.3) is 11.5 Å². The predicted octanol–water partition coefficient (Wildman–Crippen LogP) is 3.27. The quantitative estimate of drug-likeness (QED) is 0.504. The molecule has 4 aromatic rings. The van der Waals surface area contributed by atoms with E-state index in [1.165, 1.54) is 0 Å². The lowest BCUT2D eigenvalue weighted by atomic mass is 9.91. The van der Waals surface area contributed by atoms with Gasteiger partial charge in [-0.2, -0.15) is 5.10 Å². The minimum absolute atomic E-state index is 0.00308. The van der Waals surface area contributed by atoms with Crippen LogP contribution >= 0.6 is 0 Å². The molecule has 9 heteroatoms. The van der Waals surface area contributed by atoms with Gasteiger partial charge in [-0.3, -0.25) is 19.6 Å². The van der Waals surface area contributed by atoms with Crippen molar-refractivity contribution in [3.8, 4) is 22.6 Å². The van der Waals surface area contributed by atoms with E-state index >= 15 is 0 Å². The summed E-state index contributed by atoms with van der Waals surface area (Å²) in [5, 5.41) is 11.5. The Kier molecular flexibility index (Phi) is 5.75. The molecule has 1 aliphatic carbocycles. The van der Waals surface area contributed by atoms with E-state index in [1.54, 1.807) is 53.7 Å². The number of hydrogen-bond donors (Lipinski definition) is 1. The molecule has 1 saturated carbocycles. The molecule has 0 aliphatic heterocycles. The van der Waals surface area contributed by atoms with Gasteiger partial charge in [0.2, 0.25) is 0 Å². The summed E-state index contributed by atoms with van der Waals surface area (Å²) in [6, 6.07) is 12.3. The molecule has 0 unspecified atom stereocenters. The van der Waals surface area contributed by atoms with Crippen LogP contribution in [0.3, 0.4) is 0 Å². The summed E-state index contributed by atoms with van der Waals surface area (Å²) in [7, 11) is 0. The zero-order valence-corrected chi connectivity index (χ0v) is 17.8. The summed E-state index contributed by atoms with van der Waals surface area (Å²) in [5.41, 5.74) is 2.53. The average Bonchev–Trinajstić information content (AvgIpc) is 3.37. The predicted molar refractivity (Wildman–Crippen MR) is 120 cm³/mol. The first-order valence-electron chi connectivity index (χ1n) is 10.9. The zero-order valence-electron chi connectivity index (χ0n) is 17.8. The lowest BCUT2D eigenvalue weighted by molar-refractivity contribution is 0.0912. The number of amides is 1. The van der Waals surface area contributed by atoms with Gasteiger partial charge in [-0.25, -0.2) is 4.68 Å². The zero-order chi connectivity index (χ0) is 22.6. The molecule has 0 atom stereocenters. The highest BCUT2D eigenvalue weighted by atomic mass is 16.5.